The van der Waals surface area contributed by atoms with E-state index in [-0.39, 0.29) is 0 Å². The van der Waals surface area contributed by atoms with Crippen LogP contribution < -0.4 is 0 Å². The first-order valence-corrected chi connectivity index (χ1v) is 4.66. The maximum Gasteiger partial charge on any atom is 0.296 e. The molecule has 1 aromatic carbocycles. The molecule has 0 unspecified atom stereocenters. The van der Waals surface area contributed by atoms with Crippen molar-refractivity contribution in [2.45, 2.75) is 4.90 Å². The minimum absolute atomic E-state index is 0.597. The third-order valence-electron chi connectivity index (χ3n) is 1.19. The first-order valence-electron chi connectivity index (χ1n) is 2.84. The molecule has 0 aliphatic heterocycles. The first-order chi connectivity index (χ1) is 5.43. The van der Waals surface area contributed by atoms with Crippen molar-refractivity contribution in [1.29, 1.82) is 0 Å². The van der Waals surface area contributed by atoms with Crippen molar-refractivity contribution in [3.05, 3.63) is 29.0 Å². The number of hydrogen-bond acceptors (Lipinski definition) is 2. The van der Waals surface area contributed by atoms with Gasteiger partial charge in [-0.3, -0.25) is 4.55 Å². The van der Waals surface area contributed by atoms with Crippen molar-refractivity contribution in [3.8, 4) is 0 Å². The lowest BCUT2D eigenvalue weighted by Gasteiger charge is -1.99. The van der Waals surface area contributed by atoms with E-state index in [0.717, 1.165) is 18.2 Å². The van der Waals surface area contributed by atoms with Gasteiger partial charge in [0.05, 0.1) is 5.02 Å². The van der Waals surface area contributed by atoms with Crippen LogP contribution in [0.1, 0.15) is 0 Å². The maximum atomic E-state index is 12.6. The molecule has 0 radical (unpaired) electrons. The van der Waals surface area contributed by atoms with Gasteiger partial charge in [0.1, 0.15) is 10.7 Å². The molecule has 0 saturated heterocycles. The van der Waals surface area contributed by atoms with Crippen LogP contribution in [0.15, 0.2) is 23.1 Å². The van der Waals surface area contributed by atoms with Gasteiger partial charge in [-0.2, -0.15) is 8.42 Å². The minimum Gasteiger partial charge on any atom is -0.282 e. The fourth-order valence-electron chi connectivity index (χ4n) is 0.683. The van der Waals surface area contributed by atoms with Crippen molar-refractivity contribution >= 4 is 21.7 Å². The Hall–Kier alpha value is -0.650. The van der Waals surface area contributed by atoms with E-state index in [1.54, 1.807) is 0 Å². The zero-order chi connectivity index (χ0) is 9.35. The van der Waals surface area contributed by atoms with Crippen LogP contribution in [0, 0.1) is 5.82 Å². The van der Waals surface area contributed by atoms with Gasteiger partial charge in [0.2, 0.25) is 0 Å². The maximum absolute atomic E-state index is 12.6. The van der Waals surface area contributed by atoms with Crippen LogP contribution in [-0.4, -0.2) is 13.0 Å². The van der Waals surface area contributed by atoms with E-state index in [2.05, 4.69) is 0 Å². The molecule has 1 aromatic rings. The van der Waals surface area contributed by atoms with Crippen molar-refractivity contribution in [2.75, 3.05) is 0 Å². The first kappa shape index (κ1) is 9.44. The van der Waals surface area contributed by atoms with Crippen LogP contribution in [0.4, 0.5) is 4.39 Å². The summed E-state index contributed by atoms with van der Waals surface area (Å²) >= 11 is 5.26. The Kier molecular flexibility index (Phi) is 2.36. The summed E-state index contributed by atoms with van der Waals surface area (Å²) in [5.41, 5.74) is 0. The number of benzene rings is 1. The van der Waals surface area contributed by atoms with Gasteiger partial charge in [0, 0.05) is 0 Å². The van der Waals surface area contributed by atoms with Crippen LogP contribution in [0.25, 0.3) is 0 Å². The molecule has 66 valence electrons. The molecule has 0 amide bonds. The van der Waals surface area contributed by atoms with Gasteiger partial charge in [-0.25, -0.2) is 4.39 Å². The van der Waals surface area contributed by atoms with E-state index in [1.807, 2.05) is 0 Å². The molecule has 1 rings (SSSR count). The molecule has 1 N–H and O–H groups in total. The van der Waals surface area contributed by atoms with E-state index in [1.165, 1.54) is 0 Å². The summed E-state index contributed by atoms with van der Waals surface area (Å²) in [5, 5.41) is -0.597. The van der Waals surface area contributed by atoms with E-state index >= 15 is 0 Å². The normalized spacial score (nSPS) is 11.6. The fourth-order valence-corrected chi connectivity index (χ4v) is 1.68. The van der Waals surface area contributed by atoms with E-state index in [0.29, 0.717) is 0 Å². The molecule has 6 heteroatoms. The summed E-state index contributed by atoms with van der Waals surface area (Å²) in [5.74, 6) is -0.883. The molecule has 0 aliphatic carbocycles. The highest BCUT2D eigenvalue weighted by molar-refractivity contribution is 7.86. The third kappa shape index (κ3) is 1.74. The second kappa shape index (κ2) is 3.01. The van der Waals surface area contributed by atoms with Gasteiger partial charge in [0.25, 0.3) is 10.1 Å². The summed E-state index contributed by atoms with van der Waals surface area (Å²) in [6.07, 6.45) is 0. The van der Waals surface area contributed by atoms with Gasteiger partial charge in [0.15, 0.2) is 0 Å². The van der Waals surface area contributed by atoms with Crippen molar-refractivity contribution in [3.63, 3.8) is 0 Å². The molecule has 0 heterocycles. The van der Waals surface area contributed by atoms with Crippen LogP contribution in [-0.2, 0) is 10.1 Å². The molecule has 0 spiro atoms. The zero-order valence-corrected chi connectivity index (χ0v) is 7.23. The Morgan fingerprint density at radius 1 is 1.42 bits per heavy atom. The van der Waals surface area contributed by atoms with Gasteiger partial charge in [-0.1, -0.05) is 17.7 Å². The van der Waals surface area contributed by atoms with Crippen LogP contribution in [0.5, 0.6) is 0 Å². The minimum atomic E-state index is -4.43. The lowest BCUT2D eigenvalue weighted by Crippen LogP contribution is -1.99. The average molecular weight is 211 g/mol. The monoisotopic (exact) mass is 210 g/mol. The smallest absolute Gasteiger partial charge is 0.282 e. The second-order valence-electron chi connectivity index (χ2n) is 2.03. The Bertz CT molecular complexity index is 401. The molecule has 0 atom stereocenters. The second-order valence-corrected chi connectivity index (χ2v) is 3.79. The highest BCUT2D eigenvalue weighted by Crippen LogP contribution is 2.23. The SMILES string of the molecule is O=S(=O)(O)c1cccc(F)c1Cl. The van der Waals surface area contributed by atoms with E-state index in [9.17, 15) is 12.8 Å². The van der Waals surface area contributed by atoms with Crippen LogP contribution >= 0.6 is 11.6 Å². The molecule has 3 nitrogen and oxygen atoms in total. The van der Waals surface area contributed by atoms with Gasteiger partial charge in [-0.05, 0) is 12.1 Å². The van der Waals surface area contributed by atoms with E-state index < -0.39 is 25.9 Å². The predicted octanol–water partition coefficient (Wildman–Crippen LogP) is 1.73. The molecule has 0 aliphatic rings. The summed E-state index contributed by atoms with van der Waals surface area (Å²) in [6, 6.07) is 3.15. The van der Waals surface area contributed by atoms with Crippen molar-refractivity contribution in [2.24, 2.45) is 0 Å². The Balaban J connectivity index is 3.47. The largest absolute Gasteiger partial charge is 0.296 e. The van der Waals surface area contributed by atoms with Crippen molar-refractivity contribution in [1.82, 2.24) is 0 Å². The Morgan fingerprint density at radius 3 is 2.42 bits per heavy atom. The number of halogens is 2. The van der Waals surface area contributed by atoms with E-state index in [4.69, 9.17) is 16.2 Å². The fraction of sp³-hybridized carbons (Fsp3) is 0. The summed E-state index contributed by atoms with van der Waals surface area (Å²) in [7, 11) is -4.43. The highest BCUT2D eigenvalue weighted by atomic mass is 35.5. The lowest BCUT2D eigenvalue weighted by molar-refractivity contribution is 0.482. The molecule has 0 bridgehead atoms. The van der Waals surface area contributed by atoms with Gasteiger partial charge in [-0.15, -0.1) is 0 Å². The zero-order valence-electron chi connectivity index (χ0n) is 5.66. The summed E-state index contributed by atoms with van der Waals surface area (Å²) in [4.78, 5) is -0.621. The van der Waals surface area contributed by atoms with Crippen LogP contribution in [0.2, 0.25) is 5.02 Å². The summed E-state index contributed by atoms with van der Waals surface area (Å²) < 4.78 is 42.1. The summed E-state index contributed by atoms with van der Waals surface area (Å²) in [6.45, 7) is 0. The highest BCUT2D eigenvalue weighted by Gasteiger charge is 2.16. The lowest BCUT2D eigenvalue weighted by atomic mass is 10.3. The molecule has 0 saturated carbocycles. The molecular weight excluding hydrogens is 207 g/mol. The third-order valence-corrected chi connectivity index (χ3v) is 2.59. The van der Waals surface area contributed by atoms with Gasteiger partial charge < -0.3 is 0 Å². The molecule has 0 aromatic heterocycles. The molecule has 12 heavy (non-hydrogen) atoms. The number of rotatable bonds is 1. The predicted molar refractivity (Wildman–Crippen MR) is 41.2 cm³/mol. The standard InChI is InChI=1S/C6H4ClFO3S/c7-6-4(8)2-1-3-5(6)12(9,10)11/h1-3H,(H,9,10,11). The van der Waals surface area contributed by atoms with Crippen molar-refractivity contribution < 1.29 is 17.4 Å². The van der Waals surface area contributed by atoms with Crippen LogP contribution in [0.3, 0.4) is 0 Å². The Labute approximate surface area is 73.5 Å². The average Bonchev–Trinajstić information content (AvgIpc) is 1.92. The quantitative estimate of drug-likeness (QED) is 0.719. The molecular formula is C6H4ClFO3S. The van der Waals surface area contributed by atoms with Gasteiger partial charge >= 0.3 is 0 Å². The Morgan fingerprint density at radius 2 is 2.00 bits per heavy atom. The number of hydrogen-bond donors (Lipinski definition) is 1. The molecule has 0 fully saturated rings. The topological polar surface area (TPSA) is 54.4 Å².